The van der Waals surface area contributed by atoms with Gasteiger partial charge in [-0.05, 0) is 15.4 Å². The molecular weight excluding hydrogens is 260 g/mol. The first-order valence-electron chi connectivity index (χ1n) is 6.77. The molecule has 0 saturated heterocycles. The highest BCUT2D eigenvalue weighted by Gasteiger charge is 2.48. The zero-order valence-corrected chi connectivity index (χ0v) is 13.2. The lowest BCUT2D eigenvalue weighted by atomic mass is 10.2. The molecule has 0 fully saturated rings. The van der Waals surface area contributed by atoms with Gasteiger partial charge in [-0.15, -0.1) is 0 Å². The summed E-state index contributed by atoms with van der Waals surface area (Å²) >= 11 is 0. The van der Waals surface area contributed by atoms with Crippen LogP contribution in [0.3, 0.4) is 0 Å². The van der Waals surface area contributed by atoms with Crippen molar-refractivity contribution in [3.8, 4) is 0 Å². The number of benzene rings is 2. The maximum absolute atomic E-state index is 7.45. The van der Waals surface area contributed by atoms with Crippen molar-refractivity contribution >= 4 is 24.6 Å². The van der Waals surface area contributed by atoms with E-state index in [1.807, 2.05) is 36.4 Å². The molecule has 0 radical (unpaired) electrons. The third-order valence-corrected chi connectivity index (χ3v) is 8.65. The molecule has 2 aromatic carbocycles. The average Bonchev–Trinajstić information content (AvgIpc) is 2.45. The second-order valence-corrected chi connectivity index (χ2v) is 10.2. The van der Waals surface area contributed by atoms with E-state index in [0.29, 0.717) is 0 Å². The fourth-order valence-corrected chi connectivity index (χ4v) is 6.95. The van der Waals surface area contributed by atoms with Crippen LogP contribution in [-0.4, -0.2) is 14.2 Å². The molecule has 0 atom stereocenters. The normalized spacial score (nSPS) is 11.8. The second kappa shape index (κ2) is 5.57. The van der Waals surface area contributed by atoms with Gasteiger partial charge in [0, 0.05) is 0 Å². The van der Waals surface area contributed by atoms with Crippen LogP contribution in [0.1, 0.15) is 20.8 Å². The van der Waals surface area contributed by atoms with Crippen LogP contribution in [-0.2, 0) is 0 Å². The molecule has 2 nitrogen and oxygen atoms in total. The molecule has 20 heavy (non-hydrogen) atoms. The highest BCUT2D eigenvalue weighted by atomic mass is 28.3. The standard InChI is InChI=1S/C17H20N2Si/c1-17(2,3)20(19-14-18,15-10-6-4-7-11-15)16-12-8-5-9-13-16/h4-13,18H,1-3H3. The van der Waals surface area contributed by atoms with Crippen LogP contribution in [0.25, 0.3) is 0 Å². The molecular formula is C17H20N2Si. The molecule has 0 aliphatic rings. The summed E-state index contributed by atoms with van der Waals surface area (Å²) in [4.78, 5) is 0. The van der Waals surface area contributed by atoms with Crippen molar-refractivity contribution in [2.45, 2.75) is 25.8 Å². The first kappa shape index (κ1) is 14.4. The SMILES string of the molecule is CC(C)(C)[Si](N=C=N)(c1ccccc1)c1ccccc1. The quantitative estimate of drug-likeness (QED) is 0.661. The van der Waals surface area contributed by atoms with Crippen LogP contribution >= 0.6 is 0 Å². The Hall–Kier alpha value is -1.96. The van der Waals surface area contributed by atoms with Gasteiger partial charge in [0.1, 0.15) is 0 Å². The van der Waals surface area contributed by atoms with E-state index in [2.05, 4.69) is 55.7 Å². The summed E-state index contributed by atoms with van der Waals surface area (Å²) in [6.07, 6.45) is 0. The largest absolute Gasteiger partial charge is 0.262 e. The highest BCUT2D eigenvalue weighted by molar-refractivity contribution is 7.03. The molecule has 3 heteroatoms. The summed E-state index contributed by atoms with van der Waals surface area (Å²) < 4.78 is 4.62. The third-order valence-electron chi connectivity index (χ3n) is 3.69. The Morgan fingerprint density at radius 1 is 0.850 bits per heavy atom. The summed E-state index contributed by atoms with van der Waals surface area (Å²) in [6, 6.07) is 23.1. The van der Waals surface area contributed by atoms with Crippen LogP contribution in [0, 0.1) is 5.41 Å². The van der Waals surface area contributed by atoms with E-state index in [-0.39, 0.29) is 5.04 Å². The Morgan fingerprint density at radius 3 is 1.55 bits per heavy atom. The summed E-state index contributed by atoms with van der Waals surface area (Å²) in [5.41, 5.74) is 0. The predicted molar refractivity (Wildman–Crippen MR) is 87.8 cm³/mol. The van der Waals surface area contributed by atoms with Crippen LogP contribution in [0.4, 0.5) is 0 Å². The molecule has 102 valence electrons. The van der Waals surface area contributed by atoms with Crippen molar-refractivity contribution in [1.82, 2.24) is 0 Å². The van der Waals surface area contributed by atoms with Gasteiger partial charge in [0.25, 0.3) is 8.24 Å². The zero-order chi connectivity index (χ0) is 14.6. The van der Waals surface area contributed by atoms with Gasteiger partial charge in [-0.2, -0.15) is 0 Å². The zero-order valence-electron chi connectivity index (χ0n) is 12.2. The molecule has 2 aromatic rings. The van der Waals surface area contributed by atoms with E-state index in [4.69, 9.17) is 5.41 Å². The predicted octanol–water partition coefficient (Wildman–Crippen LogP) is 3.30. The first-order chi connectivity index (χ1) is 9.52. The van der Waals surface area contributed by atoms with E-state index < -0.39 is 8.24 Å². The molecule has 0 aliphatic carbocycles. The summed E-state index contributed by atoms with van der Waals surface area (Å²) in [5, 5.41) is 9.86. The monoisotopic (exact) mass is 280 g/mol. The summed E-state index contributed by atoms with van der Waals surface area (Å²) in [5.74, 6) is 0. The van der Waals surface area contributed by atoms with Gasteiger partial charge >= 0.3 is 0 Å². The second-order valence-electron chi connectivity index (χ2n) is 5.92. The lowest BCUT2D eigenvalue weighted by Crippen LogP contribution is -2.63. The van der Waals surface area contributed by atoms with Crippen molar-refractivity contribution in [1.29, 1.82) is 5.41 Å². The third kappa shape index (κ3) is 2.38. The molecule has 0 spiro atoms. The van der Waals surface area contributed by atoms with Crippen molar-refractivity contribution in [3.63, 3.8) is 0 Å². The number of hydrogen-bond acceptors (Lipinski definition) is 2. The van der Waals surface area contributed by atoms with E-state index >= 15 is 0 Å². The van der Waals surface area contributed by atoms with E-state index in [1.54, 1.807) is 0 Å². The Morgan fingerprint density at radius 2 is 1.25 bits per heavy atom. The van der Waals surface area contributed by atoms with E-state index in [0.717, 1.165) is 0 Å². The van der Waals surface area contributed by atoms with Crippen LogP contribution in [0.15, 0.2) is 65.3 Å². The summed E-state index contributed by atoms with van der Waals surface area (Å²) in [6.45, 7) is 6.63. The van der Waals surface area contributed by atoms with E-state index in [9.17, 15) is 0 Å². The molecule has 0 unspecified atom stereocenters. The fourth-order valence-electron chi connectivity index (χ4n) is 2.77. The Labute approximate surface area is 121 Å². The van der Waals surface area contributed by atoms with Gasteiger partial charge in [0.2, 0.25) is 0 Å². The topological polar surface area (TPSA) is 36.2 Å². The first-order valence-corrected chi connectivity index (χ1v) is 8.72. The lowest BCUT2D eigenvalue weighted by Gasteiger charge is -2.38. The van der Waals surface area contributed by atoms with Gasteiger partial charge < -0.3 is 0 Å². The van der Waals surface area contributed by atoms with Gasteiger partial charge in [-0.1, -0.05) is 81.4 Å². The van der Waals surface area contributed by atoms with Gasteiger partial charge in [-0.3, -0.25) is 4.66 Å². The van der Waals surface area contributed by atoms with Crippen LogP contribution in [0.2, 0.25) is 5.04 Å². The molecule has 0 bridgehead atoms. The maximum atomic E-state index is 7.45. The van der Waals surface area contributed by atoms with Crippen LogP contribution < -0.4 is 10.4 Å². The number of nitrogens with one attached hydrogen (secondary N) is 1. The molecule has 0 aromatic heterocycles. The molecule has 0 saturated carbocycles. The maximum Gasteiger partial charge on any atom is 0.262 e. The summed E-state index contributed by atoms with van der Waals surface area (Å²) in [7, 11) is -2.42. The van der Waals surface area contributed by atoms with E-state index in [1.165, 1.54) is 10.4 Å². The van der Waals surface area contributed by atoms with Crippen molar-refractivity contribution in [2.24, 2.45) is 4.66 Å². The molecule has 2 rings (SSSR count). The molecule has 0 heterocycles. The molecule has 0 amide bonds. The minimum atomic E-state index is -2.42. The number of nitrogens with zero attached hydrogens (tertiary/aromatic N) is 1. The molecule has 1 N–H and O–H groups in total. The highest BCUT2D eigenvalue weighted by Crippen LogP contribution is 2.36. The lowest BCUT2D eigenvalue weighted by molar-refractivity contribution is 0.730. The number of hydrogen-bond donors (Lipinski definition) is 1. The van der Waals surface area contributed by atoms with Gasteiger partial charge in [0.15, 0.2) is 0 Å². The Bertz CT molecular complexity index is 569. The van der Waals surface area contributed by atoms with Crippen LogP contribution in [0.5, 0.6) is 0 Å². The Balaban J connectivity index is 2.81. The number of rotatable bonds is 3. The smallest absolute Gasteiger partial charge is 0.255 e. The Kier molecular flexibility index (Phi) is 4.03. The molecule has 0 aliphatic heterocycles. The van der Waals surface area contributed by atoms with Gasteiger partial charge in [0.05, 0.1) is 6.01 Å². The fraction of sp³-hybridized carbons (Fsp3) is 0.235. The van der Waals surface area contributed by atoms with Gasteiger partial charge in [-0.25, -0.2) is 5.41 Å². The minimum absolute atomic E-state index is 0.0379. The van der Waals surface area contributed by atoms with Crippen molar-refractivity contribution in [3.05, 3.63) is 60.7 Å². The van der Waals surface area contributed by atoms with Crippen molar-refractivity contribution < 1.29 is 0 Å². The minimum Gasteiger partial charge on any atom is -0.255 e. The average molecular weight is 280 g/mol. The van der Waals surface area contributed by atoms with Crippen molar-refractivity contribution in [2.75, 3.05) is 0 Å².